The van der Waals surface area contributed by atoms with Gasteiger partial charge in [-0.2, -0.15) is 0 Å². The Bertz CT molecular complexity index is 1080. The fraction of sp³-hybridized carbons (Fsp3) is 0.868. The van der Waals surface area contributed by atoms with Crippen LogP contribution in [0.15, 0.2) is 36.5 Å². The van der Waals surface area contributed by atoms with Gasteiger partial charge in [0.1, 0.15) is 12.2 Å². The standard InChI is InChI=1S/C53H101O9P/c1-3-5-7-9-11-13-15-17-19-21-23-24-25-26-27-29-31-33-35-37-39-41-43-45-53(56)62-52(50-61-63(57,58)60-48-51(55)47-54)49-59-46-44-42-40-38-36-34-32-30-28-22-20-18-16-14-12-10-8-6-4-2/h15,17,21,23,25-26,51-52,54-55H,3-14,16,18-20,22,24,27-50H2,1-2H3,(H,57,58)/b17-15-,23-21-,26-25-. The van der Waals surface area contributed by atoms with Crippen molar-refractivity contribution >= 4 is 13.8 Å². The van der Waals surface area contributed by atoms with Crippen LogP contribution < -0.4 is 0 Å². The first kappa shape index (κ1) is 61.7. The van der Waals surface area contributed by atoms with Gasteiger partial charge < -0.3 is 24.6 Å². The molecule has 0 aromatic heterocycles. The maximum absolute atomic E-state index is 12.7. The van der Waals surface area contributed by atoms with Crippen LogP contribution in [0, 0.1) is 0 Å². The zero-order valence-electron chi connectivity index (χ0n) is 41.1. The number of esters is 1. The molecule has 0 rings (SSSR count). The number of hydrogen-bond acceptors (Lipinski definition) is 8. The molecule has 0 spiro atoms. The molecular weight excluding hydrogens is 812 g/mol. The molecule has 0 aliphatic rings. The Morgan fingerprint density at radius 1 is 0.492 bits per heavy atom. The number of phosphoric ester groups is 1. The molecule has 3 unspecified atom stereocenters. The van der Waals surface area contributed by atoms with Crippen molar-refractivity contribution in [3.63, 3.8) is 0 Å². The van der Waals surface area contributed by atoms with E-state index in [0.29, 0.717) is 6.61 Å². The highest BCUT2D eigenvalue weighted by Crippen LogP contribution is 2.43. The van der Waals surface area contributed by atoms with E-state index < -0.39 is 33.2 Å². The molecule has 0 saturated heterocycles. The van der Waals surface area contributed by atoms with Crippen molar-refractivity contribution < 1.29 is 43.0 Å². The van der Waals surface area contributed by atoms with E-state index in [2.05, 4.69) is 50.3 Å². The maximum atomic E-state index is 12.7. The first-order chi connectivity index (χ1) is 30.8. The second-order valence-corrected chi connectivity index (χ2v) is 19.4. The monoisotopic (exact) mass is 913 g/mol. The number of ether oxygens (including phenoxy) is 2. The fourth-order valence-electron chi connectivity index (χ4n) is 7.54. The number of rotatable bonds is 51. The Balaban J connectivity index is 4.06. The van der Waals surface area contributed by atoms with Gasteiger partial charge in [0, 0.05) is 13.0 Å². The first-order valence-corrected chi connectivity index (χ1v) is 28.0. The van der Waals surface area contributed by atoms with Crippen LogP contribution in [0.3, 0.4) is 0 Å². The van der Waals surface area contributed by atoms with Crippen molar-refractivity contribution in [2.75, 3.05) is 33.0 Å². The Kier molecular flexibility index (Phi) is 49.1. The Morgan fingerprint density at radius 2 is 0.857 bits per heavy atom. The lowest BCUT2D eigenvalue weighted by Gasteiger charge is -2.20. The lowest BCUT2D eigenvalue weighted by atomic mass is 10.0. The predicted molar refractivity (Wildman–Crippen MR) is 265 cm³/mol. The molecule has 0 bridgehead atoms. The summed E-state index contributed by atoms with van der Waals surface area (Å²) in [6, 6.07) is 0. The topological polar surface area (TPSA) is 132 Å². The number of hydrogen-bond donors (Lipinski definition) is 3. The van der Waals surface area contributed by atoms with Gasteiger partial charge in [-0.25, -0.2) is 4.57 Å². The van der Waals surface area contributed by atoms with Crippen molar-refractivity contribution in [3.8, 4) is 0 Å². The molecule has 0 aliphatic carbocycles. The number of aliphatic hydroxyl groups excluding tert-OH is 2. The number of carbonyl (C=O) groups excluding carboxylic acids is 1. The third-order valence-electron chi connectivity index (χ3n) is 11.6. The lowest BCUT2D eigenvalue weighted by molar-refractivity contribution is -0.154. The third-order valence-corrected chi connectivity index (χ3v) is 12.5. The lowest BCUT2D eigenvalue weighted by Crippen LogP contribution is -2.29. The second kappa shape index (κ2) is 50.1. The van der Waals surface area contributed by atoms with Crippen molar-refractivity contribution in [2.24, 2.45) is 0 Å². The molecule has 0 saturated carbocycles. The van der Waals surface area contributed by atoms with E-state index in [1.54, 1.807) is 0 Å². The zero-order valence-corrected chi connectivity index (χ0v) is 42.0. The number of carbonyl (C=O) groups is 1. The van der Waals surface area contributed by atoms with Crippen LogP contribution in [0.4, 0.5) is 0 Å². The minimum absolute atomic E-state index is 0.0497. The molecule has 0 fully saturated rings. The van der Waals surface area contributed by atoms with Crippen molar-refractivity contribution in [2.45, 2.75) is 264 Å². The van der Waals surface area contributed by atoms with Crippen LogP contribution in [0.25, 0.3) is 0 Å². The SMILES string of the molecule is CCCCCCC/C=C\C/C=C\C/C=C\CCCCCCCCCCC(=O)OC(COCCCCCCCCCCCCCCCCCCCCC)COP(=O)(O)OCC(O)CO. The van der Waals surface area contributed by atoms with E-state index in [0.717, 1.165) is 57.8 Å². The van der Waals surface area contributed by atoms with Gasteiger partial charge in [0.15, 0.2) is 0 Å². The highest BCUT2D eigenvalue weighted by molar-refractivity contribution is 7.47. The molecule has 0 radical (unpaired) electrons. The Hall–Kier alpha value is -1.32. The zero-order chi connectivity index (χ0) is 46.0. The molecule has 3 atom stereocenters. The van der Waals surface area contributed by atoms with E-state index in [1.165, 1.54) is 173 Å². The Labute approximate surface area is 388 Å². The van der Waals surface area contributed by atoms with Crippen molar-refractivity contribution in [1.29, 1.82) is 0 Å². The van der Waals surface area contributed by atoms with E-state index in [9.17, 15) is 19.4 Å². The summed E-state index contributed by atoms with van der Waals surface area (Å²) in [7, 11) is -4.52. The van der Waals surface area contributed by atoms with Crippen LogP contribution >= 0.6 is 7.82 Å². The second-order valence-electron chi connectivity index (χ2n) is 17.9. The summed E-state index contributed by atoms with van der Waals surface area (Å²) < 4.78 is 33.6. The molecule has 10 heteroatoms. The van der Waals surface area contributed by atoms with E-state index in [4.69, 9.17) is 23.6 Å². The normalized spacial score (nSPS) is 14.0. The average Bonchev–Trinajstić information content (AvgIpc) is 3.28. The smallest absolute Gasteiger partial charge is 0.457 e. The largest absolute Gasteiger partial charge is 0.472 e. The van der Waals surface area contributed by atoms with Gasteiger partial charge >= 0.3 is 13.8 Å². The predicted octanol–water partition coefficient (Wildman–Crippen LogP) is 15.5. The average molecular weight is 913 g/mol. The highest BCUT2D eigenvalue weighted by atomic mass is 31.2. The third kappa shape index (κ3) is 49.9. The summed E-state index contributed by atoms with van der Waals surface area (Å²) in [6.45, 7) is 3.55. The molecule has 0 aromatic carbocycles. The summed E-state index contributed by atoms with van der Waals surface area (Å²) in [5, 5.41) is 18.4. The Morgan fingerprint density at radius 3 is 1.29 bits per heavy atom. The quantitative estimate of drug-likeness (QED) is 0.0236. The summed E-state index contributed by atoms with van der Waals surface area (Å²) in [4.78, 5) is 22.7. The summed E-state index contributed by atoms with van der Waals surface area (Å²) in [6.07, 6.45) is 56.8. The fourth-order valence-corrected chi connectivity index (χ4v) is 8.33. The first-order valence-electron chi connectivity index (χ1n) is 26.5. The van der Waals surface area contributed by atoms with Crippen LogP contribution in [0.1, 0.15) is 251 Å². The maximum Gasteiger partial charge on any atom is 0.472 e. The van der Waals surface area contributed by atoms with E-state index >= 15 is 0 Å². The molecule has 0 aliphatic heterocycles. The summed E-state index contributed by atoms with van der Waals surface area (Å²) >= 11 is 0. The number of aliphatic hydroxyl groups is 2. The molecule has 9 nitrogen and oxygen atoms in total. The molecule has 3 N–H and O–H groups in total. The van der Waals surface area contributed by atoms with Crippen LogP contribution in [-0.2, 0) is 27.9 Å². The summed E-state index contributed by atoms with van der Waals surface area (Å²) in [5.74, 6) is -0.385. The van der Waals surface area contributed by atoms with Crippen LogP contribution in [0.5, 0.6) is 0 Å². The van der Waals surface area contributed by atoms with E-state index in [-0.39, 0.29) is 25.6 Å². The molecule has 372 valence electrons. The number of allylic oxidation sites excluding steroid dienone is 6. The van der Waals surface area contributed by atoms with Gasteiger partial charge in [-0.1, -0.05) is 230 Å². The highest BCUT2D eigenvalue weighted by Gasteiger charge is 2.26. The van der Waals surface area contributed by atoms with E-state index in [1.807, 2.05) is 0 Å². The minimum atomic E-state index is -4.52. The van der Waals surface area contributed by atoms with Crippen molar-refractivity contribution in [1.82, 2.24) is 0 Å². The molecule has 0 aromatic rings. The molecule has 0 heterocycles. The van der Waals surface area contributed by atoms with Gasteiger partial charge in [0.2, 0.25) is 0 Å². The van der Waals surface area contributed by atoms with Gasteiger partial charge in [-0.3, -0.25) is 13.8 Å². The molecule has 0 amide bonds. The number of phosphoric acid groups is 1. The van der Waals surface area contributed by atoms with Gasteiger partial charge in [0.05, 0.1) is 26.4 Å². The van der Waals surface area contributed by atoms with Gasteiger partial charge in [0.25, 0.3) is 0 Å². The summed E-state index contributed by atoms with van der Waals surface area (Å²) in [5.41, 5.74) is 0. The van der Waals surface area contributed by atoms with Gasteiger partial charge in [-0.05, 0) is 51.4 Å². The van der Waals surface area contributed by atoms with Gasteiger partial charge in [-0.15, -0.1) is 0 Å². The van der Waals surface area contributed by atoms with Crippen LogP contribution in [-0.4, -0.2) is 66.3 Å². The molecular formula is C53H101O9P. The minimum Gasteiger partial charge on any atom is -0.457 e. The van der Waals surface area contributed by atoms with Crippen LogP contribution in [0.2, 0.25) is 0 Å². The number of unbranched alkanes of at least 4 members (excludes halogenated alkanes) is 31. The molecule has 63 heavy (non-hydrogen) atoms. The van der Waals surface area contributed by atoms with Crippen molar-refractivity contribution in [3.05, 3.63) is 36.5 Å².